The Morgan fingerprint density at radius 3 is 2.58 bits per heavy atom. The fourth-order valence-corrected chi connectivity index (χ4v) is 3.02. The van der Waals surface area contributed by atoms with Crippen LogP contribution >= 0.6 is 11.6 Å². The van der Waals surface area contributed by atoms with Gasteiger partial charge in [-0.15, -0.1) is 0 Å². The van der Waals surface area contributed by atoms with Crippen LogP contribution in [0.4, 0.5) is 16.2 Å². The predicted octanol–water partition coefficient (Wildman–Crippen LogP) is 5.10. The Morgan fingerprint density at radius 2 is 2.00 bits per heavy atom. The van der Waals surface area contributed by atoms with E-state index in [1.54, 1.807) is 25.3 Å². The summed E-state index contributed by atoms with van der Waals surface area (Å²) in [5.41, 5.74) is 1.22. The molecule has 0 radical (unpaired) electrons. The maximum atomic E-state index is 11.9. The van der Waals surface area contributed by atoms with E-state index in [9.17, 15) is 14.7 Å². The number of aliphatic imine (C=N–C) groups is 1. The summed E-state index contributed by atoms with van der Waals surface area (Å²) in [6.45, 7) is 5.64. The number of benzene rings is 2. The Labute approximate surface area is 184 Å². The van der Waals surface area contributed by atoms with Crippen LogP contribution in [-0.2, 0) is 0 Å². The highest BCUT2D eigenvalue weighted by atomic mass is 35.5. The number of amides is 2. The summed E-state index contributed by atoms with van der Waals surface area (Å²) in [6, 6.07) is 7.57. The largest absolute Gasteiger partial charge is 0.496 e. The van der Waals surface area contributed by atoms with Gasteiger partial charge in [-0.3, -0.25) is 4.99 Å². The van der Waals surface area contributed by atoms with Crippen molar-refractivity contribution in [1.29, 1.82) is 0 Å². The third-order valence-electron chi connectivity index (χ3n) is 4.46. The normalized spacial score (nSPS) is 13.0. The molecule has 162 valence electrons. The summed E-state index contributed by atoms with van der Waals surface area (Å²) in [4.78, 5) is 27.7. The van der Waals surface area contributed by atoms with Crippen molar-refractivity contribution in [3.63, 3.8) is 0 Å². The second-order valence-electron chi connectivity index (χ2n) is 6.80. The Kier molecular flexibility index (Phi) is 6.81. The van der Waals surface area contributed by atoms with Gasteiger partial charge in [-0.25, -0.2) is 9.59 Å². The maximum Gasteiger partial charge on any atom is 0.339 e. The second-order valence-corrected chi connectivity index (χ2v) is 7.21. The minimum Gasteiger partial charge on any atom is -0.496 e. The van der Waals surface area contributed by atoms with Crippen LogP contribution in [0.1, 0.15) is 35.7 Å². The molecule has 1 aliphatic carbocycles. The van der Waals surface area contributed by atoms with E-state index in [0.29, 0.717) is 22.7 Å². The topological polar surface area (TPSA) is 109 Å². The van der Waals surface area contributed by atoms with Crippen molar-refractivity contribution in [2.24, 2.45) is 4.99 Å². The number of nitrogens with one attached hydrogen (secondary N) is 2. The Morgan fingerprint density at radius 1 is 1.26 bits per heavy atom. The molecule has 1 fully saturated rings. The number of rotatable bonds is 8. The molecular formula is C22H22ClN3O5. The van der Waals surface area contributed by atoms with Crippen LogP contribution in [0, 0.1) is 0 Å². The average molecular weight is 444 g/mol. The molecule has 0 aromatic heterocycles. The first kappa shape index (κ1) is 22.2. The fourth-order valence-electron chi connectivity index (χ4n) is 2.80. The second kappa shape index (κ2) is 9.53. The predicted molar refractivity (Wildman–Crippen MR) is 120 cm³/mol. The van der Waals surface area contributed by atoms with Gasteiger partial charge in [0, 0.05) is 30.0 Å². The monoisotopic (exact) mass is 443 g/mol. The van der Waals surface area contributed by atoms with Crippen molar-refractivity contribution in [3.05, 3.63) is 53.1 Å². The summed E-state index contributed by atoms with van der Waals surface area (Å²) >= 11 is 6.27. The van der Waals surface area contributed by atoms with E-state index in [2.05, 4.69) is 22.2 Å². The van der Waals surface area contributed by atoms with E-state index in [0.717, 1.165) is 12.8 Å². The Balaban J connectivity index is 1.81. The summed E-state index contributed by atoms with van der Waals surface area (Å²) in [5.74, 6) is -0.440. The van der Waals surface area contributed by atoms with Crippen molar-refractivity contribution in [2.45, 2.75) is 25.8 Å². The molecule has 1 saturated carbocycles. The number of methoxy groups -OCH3 is 1. The van der Waals surface area contributed by atoms with Crippen LogP contribution < -0.4 is 20.1 Å². The highest BCUT2D eigenvalue weighted by Crippen LogP contribution is 2.35. The van der Waals surface area contributed by atoms with Crippen molar-refractivity contribution in [1.82, 2.24) is 5.32 Å². The summed E-state index contributed by atoms with van der Waals surface area (Å²) in [5, 5.41) is 15.3. The van der Waals surface area contributed by atoms with Crippen molar-refractivity contribution >= 4 is 46.9 Å². The molecule has 3 rings (SSSR count). The smallest absolute Gasteiger partial charge is 0.339 e. The minimum atomic E-state index is -1.15. The molecule has 1 aliphatic rings. The number of urea groups is 1. The third-order valence-corrected chi connectivity index (χ3v) is 4.77. The molecule has 2 aromatic rings. The molecule has 31 heavy (non-hydrogen) atoms. The molecule has 2 aromatic carbocycles. The number of carbonyl (C=O) groups excluding carboxylic acids is 1. The van der Waals surface area contributed by atoms with Crippen molar-refractivity contribution in [2.75, 3.05) is 12.4 Å². The molecule has 0 bridgehead atoms. The number of carboxylic acid groups (broad SMARTS) is 1. The quantitative estimate of drug-likeness (QED) is 0.388. The van der Waals surface area contributed by atoms with E-state index in [1.807, 2.05) is 0 Å². The van der Waals surface area contributed by atoms with Gasteiger partial charge >= 0.3 is 12.0 Å². The third kappa shape index (κ3) is 5.55. The number of ether oxygens (including phenoxy) is 2. The van der Waals surface area contributed by atoms with E-state index in [1.165, 1.54) is 25.3 Å². The number of carboxylic acids is 1. The van der Waals surface area contributed by atoms with E-state index in [-0.39, 0.29) is 34.2 Å². The maximum absolute atomic E-state index is 11.9. The van der Waals surface area contributed by atoms with Gasteiger partial charge < -0.3 is 25.2 Å². The zero-order valence-corrected chi connectivity index (χ0v) is 17.8. The van der Waals surface area contributed by atoms with Crippen LogP contribution in [0.5, 0.6) is 11.5 Å². The Bertz CT molecular complexity index is 1060. The number of hydrogen-bond acceptors (Lipinski definition) is 5. The number of carbonyl (C=O) groups is 2. The SMILES string of the molecule is C=C(Oc1ccc(NC(=O)NC2CC2)c(Cl)c1)c1cc(C(=O)O)c(OC)cc1/N=C\C. The lowest BCUT2D eigenvalue weighted by atomic mass is 10.1. The first-order chi connectivity index (χ1) is 14.8. The standard InChI is InChI=1S/C22H22ClN3O5/c1-4-24-19-11-20(30-3)16(21(27)28)10-15(19)12(2)31-14-7-8-18(17(23)9-14)26-22(29)25-13-5-6-13/h4,7-11,13H,2,5-6H2,1,3H3,(H,27,28)(H2,25,26,29)/b24-4-. The van der Waals surface area contributed by atoms with Gasteiger partial charge in [0.15, 0.2) is 0 Å². The molecule has 2 amide bonds. The van der Waals surface area contributed by atoms with Gasteiger partial charge in [0.05, 0.1) is 23.5 Å². The lowest BCUT2D eigenvalue weighted by Crippen LogP contribution is -2.30. The Hall–Kier alpha value is -3.52. The highest BCUT2D eigenvalue weighted by molar-refractivity contribution is 6.33. The van der Waals surface area contributed by atoms with Gasteiger partial charge in [-0.2, -0.15) is 0 Å². The molecule has 8 nitrogen and oxygen atoms in total. The van der Waals surface area contributed by atoms with E-state index >= 15 is 0 Å². The van der Waals surface area contributed by atoms with Gasteiger partial charge in [0.25, 0.3) is 0 Å². The first-order valence-corrected chi connectivity index (χ1v) is 9.88. The van der Waals surface area contributed by atoms with Crippen LogP contribution in [0.3, 0.4) is 0 Å². The van der Waals surface area contributed by atoms with E-state index < -0.39 is 5.97 Å². The summed E-state index contributed by atoms with van der Waals surface area (Å²) in [7, 11) is 1.38. The van der Waals surface area contributed by atoms with Gasteiger partial charge in [0.2, 0.25) is 0 Å². The van der Waals surface area contributed by atoms with E-state index in [4.69, 9.17) is 21.1 Å². The average Bonchev–Trinajstić information content (AvgIpc) is 3.53. The van der Waals surface area contributed by atoms with Crippen molar-refractivity contribution < 1.29 is 24.2 Å². The van der Waals surface area contributed by atoms with Gasteiger partial charge in [0.1, 0.15) is 22.8 Å². The number of anilines is 1. The minimum absolute atomic E-state index is 0.0449. The zero-order chi connectivity index (χ0) is 22.5. The summed E-state index contributed by atoms with van der Waals surface area (Å²) < 4.78 is 10.9. The van der Waals surface area contributed by atoms with Gasteiger partial charge in [-0.1, -0.05) is 18.2 Å². The molecule has 0 atom stereocenters. The molecule has 0 saturated heterocycles. The van der Waals surface area contributed by atoms with Crippen LogP contribution in [-0.4, -0.2) is 36.5 Å². The van der Waals surface area contributed by atoms with Gasteiger partial charge in [-0.05, 0) is 38.0 Å². The lowest BCUT2D eigenvalue weighted by Gasteiger charge is -2.15. The zero-order valence-electron chi connectivity index (χ0n) is 17.1. The molecule has 0 unspecified atom stereocenters. The van der Waals surface area contributed by atoms with Crippen molar-refractivity contribution in [3.8, 4) is 11.5 Å². The molecular weight excluding hydrogens is 422 g/mol. The molecule has 0 spiro atoms. The first-order valence-electron chi connectivity index (χ1n) is 9.50. The number of nitrogens with zero attached hydrogens (tertiary/aromatic N) is 1. The number of hydrogen-bond donors (Lipinski definition) is 3. The van der Waals surface area contributed by atoms with Crippen LogP contribution in [0.2, 0.25) is 5.02 Å². The summed E-state index contributed by atoms with van der Waals surface area (Å²) in [6.07, 6.45) is 3.53. The molecule has 0 heterocycles. The lowest BCUT2D eigenvalue weighted by molar-refractivity contribution is 0.0693. The fraction of sp³-hybridized carbons (Fsp3) is 0.227. The molecule has 0 aliphatic heterocycles. The molecule has 3 N–H and O–H groups in total. The number of halogens is 1. The van der Waals surface area contributed by atoms with Crippen LogP contribution in [0.25, 0.3) is 5.76 Å². The molecule has 9 heteroatoms. The highest BCUT2D eigenvalue weighted by Gasteiger charge is 2.23. The number of aromatic carboxylic acids is 1. The van der Waals surface area contributed by atoms with Crippen LogP contribution in [0.15, 0.2) is 41.9 Å².